The highest BCUT2D eigenvalue weighted by Gasteiger charge is 2.54. The van der Waals surface area contributed by atoms with Gasteiger partial charge in [0.25, 0.3) is 5.69 Å². The fraction of sp³-hybridized carbons (Fsp3) is 0.611. The monoisotopic (exact) mass is 314 g/mol. The lowest BCUT2D eigenvalue weighted by Gasteiger charge is -2.55. The van der Waals surface area contributed by atoms with Crippen LogP contribution in [0.4, 0.5) is 11.4 Å². The fourth-order valence-electron chi connectivity index (χ4n) is 5.50. The maximum absolute atomic E-state index is 13.0. The highest BCUT2D eigenvalue weighted by molar-refractivity contribution is 5.96. The standard InChI is InChI=1S/C18H22N2O3/c1-11-2-3-15(20(22)23)7-16(11)19-17(21)18-8-12-4-13(9-18)6-14(5-12)10-18/h2-3,7,12-14H,4-6,8-10H2,1H3,(H,19,21). The Kier molecular flexibility index (Phi) is 3.22. The Morgan fingerprint density at radius 1 is 1.17 bits per heavy atom. The molecule has 5 heteroatoms. The molecular weight excluding hydrogens is 292 g/mol. The van der Waals surface area contributed by atoms with Gasteiger partial charge in [-0.15, -0.1) is 0 Å². The van der Waals surface area contributed by atoms with Crippen molar-refractivity contribution in [1.29, 1.82) is 0 Å². The van der Waals surface area contributed by atoms with E-state index in [2.05, 4.69) is 5.32 Å². The molecule has 4 fully saturated rings. The van der Waals surface area contributed by atoms with Gasteiger partial charge < -0.3 is 5.32 Å². The Balaban J connectivity index is 1.59. The van der Waals surface area contributed by atoms with E-state index in [0.717, 1.165) is 24.8 Å². The molecule has 0 saturated heterocycles. The molecule has 0 aromatic heterocycles. The maximum Gasteiger partial charge on any atom is 0.271 e. The van der Waals surface area contributed by atoms with Crippen LogP contribution in [0.5, 0.6) is 0 Å². The van der Waals surface area contributed by atoms with Crippen LogP contribution in [-0.2, 0) is 4.79 Å². The predicted octanol–water partition coefficient (Wildman–Crippen LogP) is 4.06. The molecule has 122 valence electrons. The number of anilines is 1. The maximum atomic E-state index is 13.0. The highest BCUT2D eigenvalue weighted by atomic mass is 16.6. The van der Waals surface area contributed by atoms with Gasteiger partial charge in [0.1, 0.15) is 0 Å². The van der Waals surface area contributed by atoms with Gasteiger partial charge in [-0.05, 0) is 68.8 Å². The molecule has 1 aromatic rings. The third-order valence-corrected chi connectivity index (χ3v) is 6.20. The van der Waals surface area contributed by atoms with E-state index in [9.17, 15) is 14.9 Å². The Morgan fingerprint density at radius 2 is 1.74 bits per heavy atom. The van der Waals surface area contributed by atoms with Crippen molar-refractivity contribution in [2.75, 3.05) is 5.32 Å². The summed E-state index contributed by atoms with van der Waals surface area (Å²) in [5, 5.41) is 14.0. The van der Waals surface area contributed by atoms with E-state index < -0.39 is 4.92 Å². The summed E-state index contributed by atoms with van der Waals surface area (Å²) in [5.41, 5.74) is 1.25. The molecule has 4 aliphatic rings. The van der Waals surface area contributed by atoms with Crippen molar-refractivity contribution in [3.05, 3.63) is 33.9 Å². The average Bonchev–Trinajstić information content (AvgIpc) is 2.47. The predicted molar refractivity (Wildman–Crippen MR) is 87.1 cm³/mol. The van der Waals surface area contributed by atoms with Crippen molar-refractivity contribution in [2.24, 2.45) is 23.2 Å². The molecule has 4 saturated carbocycles. The second kappa shape index (κ2) is 5.05. The minimum Gasteiger partial charge on any atom is -0.325 e. The molecular formula is C18H22N2O3. The number of benzene rings is 1. The zero-order chi connectivity index (χ0) is 16.2. The highest BCUT2D eigenvalue weighted by Crippen LogP contribution is 2.60. The van der Waals surface area contributed by atoms with Crippen LogP contribution >= 0.6 is 0 Å². The number of hydrogen-bond donors (Lipinski definition) is 1. The SMILES string of the molecule is Cc1ccc([N+](=O)[O-])cc1NC(=O)C12CC3CC(CC(C3)C1)C2. The summed E-state index contributed by atoms with van der Waals surface area (Å²) in [6.45, 7) is 1.87. The average molecular weight is 314 g/mol. The zero-order valence-electron chi connectivity index (χ0n) is 13.4. The summed E-state index contributed by atoms with van der Waals surface area (Å²) in [4.78, 5) is 23.6. The Bertz CT molecular complexity index is 648. The Morgan fingerprint density at radius 3 is 2.26 bits per heavy atom. The van der Waals surface area contributed by atoms with Crippen LogP contribution in [0.15, 0.2) is 18.2 Å². The largest absolute Gasteiger partial charge is 0.325 e. The smallest absolute Gasteiger partial charge is 0.271 e. The first-order valence-electron chi connectivity index (χ1n) is 8.52. The number of aryl methyl sites for hydroxylation is 1. The van der Waals surface area contributed by atoms with Crippen LogP contribution in [-0.4, -0.2) is 10.8 Å². The van der Waals surface area contributed by atoms with Gasteiger partial charge >= 0.3 is 0 Å². The normalized spacial score (nSPS) is 34.4. The second-order valence-electron chi connectivity index (χ2n) is 7.91. The van der Waals surface area contributed by atoms with Gasteiger partial charge in [-0.2, -0.15) is 0 Å². The second-order valence-corrected chi connectivity index (χ2v) is 7.91. The summed E-state index contributed by atoms with van der Waals surface area (Å²) in [5.74, 6) is 2.20. The van der Waals surface area contributed by atoms with E-state index in [1.165, 1.54) is 31.4 Å². The quantitative estimate of drug-likeness (QED) is 0.675. The molecule has 1 aromatic carbocycles. The van der Waals surface area contributed by atoms with Crippen molar-refractivity contribution >= 4 is 17.3 Å². The number of nitro benzene ring substituents is 1. The van der Waals surface area contributed by atoms with Crippen LogP contribution < -0.4 is 5.32 Å². The van der Waals surface area contributed by atoms with E-state index in [1.54, 1.807) is 6.07 Å². The summed E-state index contributed by atoms with van der Waals surface area (Å²) in [6, 6.07) is 4.66. The molecule has 23 heavy (non-hydrogen) atoms. The van der Waals surface area contributed by atoms with Crippen molar-refractivity contribution in [2.45, 2.75) is 45.4 Å². The number of nitro groups is 1. The number of amides is 1. The third-order valence-electron chi connectivity index (χ3n) is 6.20. The van der Waals surface area contributed by atoms with Crippen molar-refractivity contribution < 1.29 is 9.72 Å². The van der Waals surface area contributed by atoms with Crippen LogP contribution in [0.25, 0.3) is 0 Å². The van der Waals surface area contributed by atoms with Gasteiger partial charge in [0.05, 0.1) is 16.0 Å². The number of carbonyl (C=O) groups excluding carboxylic acids is 1. The van der Waals surface area contributed by atoms with Crippen LogP contribution in [0.1, 0.15) is 44.1 Å². The first-order valence-corrected chi connectivity index (χ1v) is 8.52. The number of hydrogen-bond acceptors (Lipinski definition) is 3. The molecule has 1 amide bonds. The van der Waals surface area contributed by atoms with Gasteiger partial charge in [0.2, 0.25) is 5.91 Å². The number of carbonyl (C=O) groups is 1. The van der Waals surface area contributed by atoms with E-state index in [1.807, 2.05) is 6.92 Å². The van der Waals surface area contributed by atoms with Crippen LogP contribution in [0.3, 0.4) is 0 Å². The minimum atomic E-state index is -0.417. The Hall–Kier alpha value is -1.91. The van der Waals surface area contributed by atoms with Gasteiger partial charge in [-0.1, -0.05) is 6.07 Å². The van der Waals surface area contributed by atoms with Crippen molar-refractivity contribution in [3.8, 4) is 0 Å². The fourth-order valence-corrected chi connectivity index (χ4v) is 5.50. The number of nitrogens with one attached hydrogen (secondary N) is 1. The van der Waals surface area contributed by atoms with Crippen LogP contribution in [0.2, 0.25) is 0 Å². The topological polar surface area (TPSA) is 72.2 Å². The Labute approximate surface area is 135 Å². The molecule has 1 N–H and O–H groups in total. The van der Waals surface area contributed by atoms with E-state index in [4.69, 9.17) is 0 Å². The van der Waals surface area contributed by atoms with Crippen molar-refractivity contribution in [1.82, 2.24) is 0 Å². The van der Waals surface area contributed by atoms with E-state index >= 15 is 0 Å². The summed E-state index contributed by atoms with van der Waals surface area (Å²) in [6.07, 6.45) is 6.88. The number of nitrogens with zero attached hydrogens (tertiary/aromatic N) is 1. The van der Waals surface area contributed by atoms with E-state index in [0.29, 0.717) is 23.4 Å². The molecule has 5 nitrogen and oxygen atoms in total. The summed E-state index contributed by atoms with van der Waals surface area (Å²) in [7, 11) is 0. The lowest BCUT2D eigenvalue weighted by Crippen LogP contribution is -2.51. The number of non-ortho nitro benzene ring substituents is 1. The minimum absolute atomic E-state index is 0.0245. The van der Waals surface area contributed by atoms with Gasteiger partial charge in [0.15, 0.2) is 0 Å². The molecule has 0 unspecified atom stereocenters. The molecule has 5 rings (SSSR count). The molecule has 0 radical (unpaired) electrons. The van der Waals surface area contributed by atoms with Crippen molar-refractivity contribution in [3.63, 3.8) is 0 Å². The number of rotatable bonds is 3. The molecule has 0 atom stereocenters. The lowest BCUT2D eigenvalue weighted by molar-refractivity contribution is -0.384. The zero-order valence-corrected chi connectivity index (χ0v) is 13.4. The molecule has 0 spiro atoms. The first kappa shape index (κ1) is 14.7. The van der Waals surface area contributed by atoms with Gasteiger partial charge in [-0.25, -0.2) is 0 Å². The van der Waals surface area contributed by atoms with Gasteiger partial charge in [-0.3, -0.25) is 14.9 Å². The van der Waals surface area contributed by atoms with Crippen LogP contribution in [0, 0.1) is 40.2 Å². The molecule has 4 bridgehead atoms. The van der Waals surface area contributed by atoms with Gasteiger partial charge in [0, 0.05) is 12.1 Å². The van der Waals surface area contributed by atoms with E-state index in [-0.39, 0.29) is 17.0 Å². The third kappa shape index (κ3) is 2.42. The molecule has 0 heterocycles. The lowest BCUT2D eigenvalue weighted by atomic mass is 9.49. The molecule has 0 aliphatic heterocycles. The molecule has 4 aliphatic carbocycles. The summed E-state index contributed by atoms with van der Waals surface area (Å²) < 4.78 is 0. The summed E-state index contributed by atoms with van der Waals surface area (Å²) >= 11 is 0. The first-order chi connectivity index (χ1) is 10.9.